The zero-order chi connectivity index (χ0) is 18.5. The third-order valence-corrected chi connectivity index (χ3v) is 4.58. The van der Waals surface area contributed by atoms with Crippen molar-refractivity contribution in [2.24, 2.45) is 0 Å². The number of pyridine rings is 1. The molecule has 1 aliphatic carbocycles. The molecule has 0 unspecified atom stereocenters. The fourth-order valence-electron chi connectivity index (χ4n) is 3.17. The Kier molecular flexibility index (Phi) is 3.36. The Morgan fingerprint density at radius 3 is 2.81 bits per heavy atom. The van der Waals surface area contributed by atoms with Crippen LogP contribution < -0.4 is 10.4 Å². The Labute approximate surface area is 152 Å². The minimum absolute atomic E-state index is 0.140. The molecule has 1 fully saturated rings. The van der Waals surface area contributed by atoms with E-state index in [1.165, 1.54) is 28.7 Å². The van der Waals surface area contributed by atoms with E-state index < -0.39 is 5.82 Å². The first-order chi connectivity index (χ1) is 13.2. The number of benzene rings is 1. The van der Waals surface area contributed by atoms with Gasteiger partial charge in [-0.25, -0.2) is 18.4 Å². The second-order valence-corrected chi connectivity index (χ2v) is 6.43. The number of rotatable bonds is 4. The van der Waals surface area contributed by atoms with Crippen molar-refractivity contribution in [2.75, 3.05) is 7.11 Å². The predicted octanol–water partition coefficient (Wildman–Crippen LogP) is 2.25. The van der Waals surface area contributed by atoms with Gasteiger partial charge in [-0.05, 0) is 25.0 Å². The lowest BCUT2D eigenvalue weighted by molar-refractivity contribution is 0.354. The molecule has 0 amide bonds. The SMILES string of the molecule is COc1nn(-c2cccc3nn(-c4cncc(F)c4)cc23)c(=O)n1C1CC1. The highest BCUT2D eigenvalue weighted by molar-refractivity contribution is 5.87. The molecule has 27 heavy (non-hydrogen) atoms. The van der Waals surface area contributed by atoms with Crippen LogP contribution in [-0.2, 0) is 0 Å². The van der Waals surface area contributed by atoms with Crippen LogP contribution in [0.2, 0.25) is 0 Å². The molecule has 136 valence electrons. The molecule has 3 heterocycles. The smallest absolute Gasteiger partial charge is 0.353 e. The van der Waals surface area contributed by atoms with E-state index in [1.54, 1.807) is 22.9 Å². The number of methoxy groups -OCH3 is 1. The van der Waals surface area contributed by atoms with Crippen molar-refractivity contribution >= 4 is 10.9 Å². The monoisotopic (exact) mass is 366 g/mol. The third kappa shape index (κ3) is 2.50. The second-order valence-electron chi connectivity index (χ2n) is 6.43. The van der Waals surface area contributed by atoms with Gasteiger partial charge in [0.05, 0.1) is 36.4 Å². The number of hydrogen-bond acceptors (Lipinski definition) is 5. The summed E-state index contributed by atoms with van der Waals surface area (Å²) in [6, 6.07) is 7.19. The first kappa shape index (κ1) is 15.7. The van der Waals surface area contributed by atoms with Crippen LogP contribution >= 0.6 is 0 Å². The lowest BCUT2D eigenvalue weighted by Crippen LogP contribution is -2.23. The molecule has 0 atom stereocenters. The predicted molar refractivity (Wildman–Crippen MR) is 95.0 cm³/mol. The maximum absolute atomic E-state index is 13.5. The molecule has 0 spiro atoms. The highest BCUT2D eigenvalue weighted by Crippen LogP contribution is 2.36. The largest absolute Gasteiger partial charge is 0.467 e. The average Bonchev–Trinajstić information content (AvgIpc) is 3.31. The van der Waals surface area contributed by atoms with Gasteiger partial charge in [0, 0.05) is 23.7 Å². The summed E-state index contributed by atoms with van der Waals surface area (Å²) in [5, 5.41) is 9.52. The van der Waals surface area contributed by atoms with E-state index in [0.717, 1.165) is 19.0 Å². The summed E-state index contributed by atoms with van der Waals surface area (Å²) in [6.45, 7) is 0. The lowest BCUT2D eigenvalue weighted by Gasteiger charge is -2.00. The number of fused-ring (bicyclic) bond motifs is 1. The minimum atomic E-state index is -0.448. The molecule has 0 aliphatic heterocycles. The number of halogens is 1. The molecule has 5 rings (SSSR count). The van der Waals surface area contributed by atoms with Crippen LogP contribution in [0.15, 0.2) is 47.7 Å². The normalized spacial score (nSPS) is 14.0. The number of nitrogens with zero attached hydrogens (tertiary/aromatic N) is 6. The number of aromatic nitrogens is 6. The van der Waals surface area contributed by atoms with E-state index in [4.69, 9.17) is 4.74 Å². The molecule has 0 bridgehead atoms. The molecule has 9 heteroatoms. The van der Waals surface area contributed by atoms with Gasteiger partial charge in [-0.15, -0.1) is 5.10 Å². The Morgan fingerprint density at radius 1 is 1.22 bits per heavy atom. The molecular formula is C18H15FN6O2. The fourth-order valence-corrected chi connectivity index (χ4v) is 3.17. The van der Waals surface area contributed by atoms with E-state index >= 15 is 0 Å². The topological polar surface area (TPSA) is 79.8 Å². The van der Waals surface area contributed by atoms with Gasteiger partial charge in [0.25, 0.3) is 0 Å². The highest BCUT2D eigenvalue weighted by Gasteiger charge is 2.31. The van der Waals surface area contributed by atoms with Crippen LogP contribution in [0.3, 0.4) is 0 Å². The van der Waals surface area contributed by atoms with E-state index in [0.29, 0.717) is 28.3 Å². The van der Waals surface area contributed by atoms with Crippen LogP contribution in [0.4, 0.5) is 4.39 Å². The Morgan fingerprint density at radius 2 is 2.07 bits per heavy atom. The standard InChI is InChI=1S/C18H15FN6O2/c1-27-17-22-25(18(26)24(17)12-5-6-12)16-4-2-3-15-14(16)10-23(21-15)13-7-11(19)8-20-9-13/h2-4,7-10,12H,5-6H2,1H3. The lowest BCUT2D eigenvalue weighted by atomic mass is 10.2. The van der Waals surface area contributed by atoms with Gasteiger partial charge in [0.15, 0.2) is 0 Å². The third-order valence-electron chi connectivity index (χ3n) is 4.58. The fraction of sp³-hybridized carbons (Fsp3) is 0.222. The summed E-state index contributed by atoms with van der Waals surface area (Å²) in [7, 11) is 1.50. The average molecular weight is 366 g/mol. The summed E-state index contributed by atoms with van der Waals surface area (Å²) in [5.41, 5.74) is 1.49. The molecule has 0 radical (unpaired) electrons. The van der Waals surface area contributed by atoms with Crippen LogP contribution in [0.5, 0.6) is 6.01 Å². The molecule has 1 aliphatic rings. The molecule has 3 aromatic heterocycles. The zero-order valence-electron chi connectivity index (χ0n) is 14.4. The zero-order valence-corrected chi connectivity index (χ0v) is 14.4. The van der Waals surface area contributed by atoms with Gasteiger partial charge in [-0.2, -0.15) is 9.78 Å². The van der Waals surface area contributed by atoms with E-state index in [2.05, 4.69) is 15.2 Å². The summed E-state index contributed by atoms with van der Waals surface area (Å²) < 4.78 is 23.2. The minimum Gasteiger partial charge on any atom is -0.467 e. The quantitative estimate of drug-likeness (QED) is 0.553. The summed E-state index contributed by atoms with van der Waals surface area (Å²) >= 11 is 0. The van der Waals surface area contributed by atoms with Gasteiger partial charge < -0.3 is 4.74 Å². The van der Waals surface area contributed by atoms with Gasteiger partial charge in [0.2, 0.25) is 0 Å². The second kappa shape index (κ2) is 5.76. The molecule has 1 saturated carbocycles. The maximum atomic E-state index is 13.5. The van der Waals surface area contributed by atoms with Gasteiger partial charge in [-0.3, -0.25) is 4.98 Å². The molecule has 1 aromatic carbocycles. The van der Waals surface area contributed by atoms with Crippen molar-refractivity contribution in [3.8, 4) is 17.4 Å². The van der Waals surface area contributed by atoms with E-state index in [9.17, 15) is 9.18 Å². The Bertz CT molecular complexity index is 1220. The summed E-state index contributed by atoms with van der Waals surface area (Å²) in [6.07, 6.45) is 6.27. The molecule has 0 N–H and O–H groups in total. The van der Waals surface area contributed by atoms with Crippen molar-refractivity contribution in [3.05, 3.63) is 59.2 Å². The van der Waals surface area contributed by atoms with Crippen molar-refractivity contribution in [1.29, 1.82) is 0 Å². The van der Waals surface area contributed by atoms with E-state index in [1.807, 2.05) is 6.07 Å². The van der Waals surface area contributed by atoms with Gasteiger partial charge in [0.1, 0.15) is 5.82 Å². The highest BCUT2D eigenvalue weighted by atomic mass is 19.1. The van der Waals surface area contributed by atoms with Crippen LogP contribution in [0.1, 0.15) is 18.9 Å². The molecule has 0 saturated heterocycles. The number of hydrogen-bond donors (Lipinski definition) is 0. The number of ether oxygens (including phenoxy) is 1. The van der Waals surface area contributed by atoms with Crippen LogP contribution in [-0.4, -0.2) is 36.2 Å². The van der Waals surface area contributed by atoms with Crippen molar-refractivity contribution < 1.29 is 9.13 Å². The van der Waals surface area contributed by atoms with Crippen LogP contribution in [0.25, 0.3) is 22.3 Å². The Hall–Kier alpha value is -3.49. The Balaban J connectivity index is 1.70. The van der Waals surface area contributed by atoms with Crippen molar-refractivity contribution in [2.45, 2.75) is 18.9 Å². The molecule has 4 aromatic rings. The first-order valence-electron chi connectivity index (χ1n) is 8.51. The van der Waals surface area contributed by atoms with Crippen molar-refractivity contribution in [3.63, 3.8) is 0 Å². The van der Waals surface area contributed by atoms with E-state index in [-0.39, 0.29) is 11.7 Å². The van der Waals surface area contributed by atoms with Gasteiger partial charge >= 0.3 is 11.7 Å². The summed E-state index contributed by atoms with van der Waals surface area (Å²) in [4.78, 5) is 16.7. The van der Waals surface area contributed by atoms with Gasteiger partial charge in [-0.1, -0.05) is 6.07 Å². The summed E-state index contributed by atoms with van der Waals surface area (Å²) in [5.74, 6) is -0.448. The van der Waals surface area contributed by atoms with Crippen molar-refractivity contribution in [1.82, 2.24) is 29.1 Å². The molecular weight excluding hydrogens is 351 g/mol. The molecule has 8 nitrogen and oxygen atoms in total. The first-order valence-corrected chi connectivity index (χ1v) is 8.51. The van der Waals surface area contributed by atoms with Crippen LogP contribution in [0, 0.1) is 5.82 Å². The maximum Gasteiger partial charge on any atom is 0.353 e.